The predicted molar refractivity (Wildman–Crippen MR) is 68.5 cm³/mol. The SMILES string of the molecule is O=C(O)[C@@H]1C[C@H](n2cc(-c3ccccc3)nn2)CN1. The van der Waals surface area contributed by atoms with Crippen LogP contribution in [0.1, 0.15) is 12.5 Å². The summed E-state index contributed by atoms with van der Waals surface area (Å²) in [5, 5.41) is 20.2. The van der Waals surface area contributed by atoms with E-state index in [0.717, 1.165) is 11.3 Å². The van der Waals surface area contributed by atoms with Crippen molar-refractivity contribution >= 4 is 5.97 Å². The molecule has 1 aliphatic rings. The number of nitrogens with zero attached hydrogens (tertiary/aromatic N) is 3. The summed E-state index contributed by atoms with van der Waals surface area (Å²) < 4.78 is 1.75. The van der Waals surface area contributed by atoms with E-state index in [2.05, 4.69) is 15.6 Å². The number of nitrogens with one attached hydrogen (secondary N) is 1. The molecule has 0 bridgehead atoms. The van der Waals surface area contributed by atoms with Crippen molar-refractivity contribution in [2.75, 3.05) is 6.54 Å². The van der Waals surface area contributed by atoms with E-state index in [9.17, 15) is 4.79 Å². The zero-order valence-electron chi connectivity index (χ0n) is 10.2. The van der Waals surface area contributed by atoms with E-state index < -0.39 is 12.0 Å². The molecule has 2 aromatic rings. The van der Waals surface area contributed by atoms with Crippen molar-refractivity contribution in [3.05, 3.63) is 36.5 Å². The Morgan fingerprint density at radius 2 is 2.16 bits per heavy atom. The lowest BCUT2D eigenvalue weighted by atomic mass is 10.1. The molecule has 2 atom stereocenters. The van der Waals surface area contributed by atoms with Gasteiger partial charge in [-0.25, -0.2) is 4.68 Å². The number of aromatic nitrogens is 3. The summed E-state index contributed by atoms with van der Waals surface area (Å²) in [4.78, 5) is 10.9. The number of hydrogen-bond acceptors (Lipinski definition) is 4. The molecular formula is C13H14N4O2. The fraction of sp³-hybridized carbons (Fsp3) is 0.308. The Hall–Kier alpha value is -2.21. The number of hydrogen-bond donors (Lipinski definition) is 2. The maximum absolute atomic E-state index is 10.9. The van der Waals surface area contributed by atoms with E-state index in [0.29, 0.717) is 13.0 Å². The van der Waals surface area contributed by atoms with Gasteiger partial charge in [-0.05, 0) is 6.42 Å². The second-order valence-electron chi connectivity index (χ2n) is 4.64. The molecule has 1 saturated heterocycles. The number of aliphatic carboxylic acids is 1. The lowest BCUT2D eigenvalue weighted by Crippen LogP contribution is -2.29. The molecule has 0 amide bonds. The molecule has 0 unspecified atom stereocenters. The van der Waals surface area contributed by atoms with E-state index in [1.54, 1.807) is 4.68 Å². The molecule has 1 aromatic carbocycles. The average molecular weight is 258 g/mol. The van der Waals surface area contributed by atoms with Crippen LogP contribution in [0.25, 0.3) is 11.3 Å². The molecule has 6 heteroatoms. The number of benzene rings is 1. The molecule has 2 N–H and O–H groups in total. The Morgan fingerprint density at radius 3 is 2.84 bits per heavy atom. The number of carboxylic acid groups (broad SMARTS) is 1. The summed E-state index contributed by atoms with van der Waals surface area (Å²) in [5.41, 5.74) is 1.81. The monoisotopic (exact) mass is 258 g/mol. The van der Waals surface area contributed by atoms with Crippen LogP contribution < -0.4 is 5.32 Å². The molecule has 98 valence electrons. The van der Waals surface area contributed by atoms with Crippen molar-refractivity contribution in [3.8, 4) is 11.3 Å². The van der Waals surface area contributed by atoms with Crippen molar-refractivity contribution in [2.45, 2.75) is 18.5 Å². The molecule has 3 rings (SSSR count). The third-order valence-electron chi connectivity index (χ3n) is 3.36. The van der Waals surface area contributed by atoms with Crippen LogP contribution in [-0.2, 0) is 4.79 Å². The highest BCUT2D eigenvalue weighted by Gasteiger charge is 2.30. The fourth-order valence-electron chi connectivity index (χ4n) is 2.30. The first-order valence-electron chi connectivity index (χ1n) is 6.17. The standard InChI is InChI=1S/C13H14N4O2/c18-13(19)11-6-10(7-14-11)17-8-12(15-16-17)9-4-2-1-3-5-9/h1-5,8,10-11,14H,6-7H2,(H,18,19)/t10-,11-/m0/s1. The summed E-state index contributed by atoms with van der Waals surface area (Å²) in [6.07, 6.45) is 2.40. The van der Waals surface area contributed by atoms with E-state index >= 15 is 0 Å². The van der Waals surface area contributed by atoms with Gasteiger partial charge in [-0.1, -0.05) is 35.5 Å². The fourth-order valence-corrected chi connectivity index (χ4v) is 2.30. The summed E-state index contributed by atoms with van der Waals surface area (Å²) in [7, 11) is 0. The van der Waals surface area contributed by atoms with Gasteiger partial charge in [-0.2, -0.15) is 0 Å². The molecule has 1 aromatic heterocycles. The van der Waals surface area contributed by atoms with E-state index in [1.165, 1.54) is 0 Å². The quantitative estimate of drug-likeness (QED) is 0.856. The summed E-state index contributed by atoms with van der Waals surface area (Å²) in [5.74, 6) is -0.814. The number of rotatable bonds is 3. The average Bonchev–Trinajstić information content (AvgIpc) is 3.09. The molecule has 0 radical (unpaired) electrons. The van der Waals surface area contributed by atoms with Gasteiger partial charge in [0.15, 0.2) is 0 Å². The molecular weight excluding hydrogens is 244 g/mol. The molecule has 19 heavy (non-hydrogen) atoms. The highest BCUT2D eigenvalue weighted by Crippen LogP contribution is 2.22. The van der Waals surface area contributed by atoms with Gasteiger partial charge in [0, 0.05) is 12.1 Å². The molecule has 1 fully saturated rings. The van der Waals surface area contributed by atoms with Crippen molar-refractivity contribution < 1.29 is 9.90 Å². The highest BCUT2D eigenvalue weighted by molar-refractivity contribution is 5.73. The van der Waals surface area contributed by atoms with Crippen LogP contribution in [0.3, 0.4) is 0 Å². The number of carboxylic acids is 1. The van der Waals surface area contributed by atoms with Gasteiger partial charge < -0.3 is 10.4 Å². The van der Waals surface area contributed by atoms with Crippen LogP contribution in [-0.4, -0.2) is 38.7 Å². The van der Waals surface area contributed by atoms with Crippen LogP contribution in [0.5, 0.6) is 0 Å². The molecule has 0 spiro atoms. The first-order valence-corrected chi connectivity index (χ1v) is 6.17. The first-order chi connectivity index (χ1) is 9.24. The van der Waals surface area contributed by atoms with Crippen LogP contribution in [0, 0.1) is 0 Å². The van der Waals surface area contributed by atoms with Gasteiger partial charge in [0.1, 0.15) is 11.7 Å². The molecule has 1 aliphatic heterocycles. The van der Waals surface area contributed by atoms with Crippen LogP contribution in [0.4, 0.5) is 0 Å². The maximum Gasteiger partial charge on any atom is 0.320 e. The van der Waals surface area contributed by atoms with Crippen molar-refractivity contribution in [2.24, 2.45) is 0 Å². The topological polar surface area (TPSA) is 80.0 Å². The zero-order chi connectivity index (χ0) is 13.2. The Balaban J connectivity index is 1.78. The Kier molecular flexibility index (Phi) is 3.00. The minimum absolute atomic E-state index is 0.0473. The van der Waals surface area contributed by atoms with Gasteiger partial charge >= 0.3 is 5.97 Å². The molecule has 0 saturated carbocycles. The van der Waals surface area contributed by atoms with Crippen molar-refractivity contribution in [3.63, 3.8) is 0 Å². The summed E-state index contributed by atoms with van der Waals surface area (Å²) in [6.45, 7) is 0.606. The van der Waals surface area contributed by atoms with Gasteiger partial charge in [-0.3, -0.25) is 4.79 Å². The first kappa shape index (κ1) is 11.9. The lowest BCUT2D eigenvalue weighted by molar-refractivity contribution is -0.139. The second kappa shape index (κ2) is 4.81. The summed E-state index contributed by atoms with van der Waals surface area (Å²) >= 11 is 0. The minimum atomic E-state index is -0.814. The maximum atomic E-state index is 10.9. The lowest BCUT2D eigenvalue weighted by Gasteiger charge is -2.06. The van der Waals surface area contributed by atoms with Gasteiger partial charge in [0.25, 0.3) is 0 Å². The van der Waals surface area contributed by atoms with Crippen molar-refractivity contribution in [1.82, 2.24) is 20.3 Å². The molecule has 6 nitrogen and oxygen atoms in total. The Labute approximate surface area is 110 Å². The van der Waals surface area contributed by atoms with E-state index in [4.69, 9.17) is 5.11 Å². The van der Waals surface area contributed by atoms with E-state index in [-0.39, 0.29) is 6.04 Å². The zero-order valence-corrected chi connectivity index (χ0v) is 10.2. The van der Waals surface area contributed by atoms with Crippen LogP contribution in [0.15, 0.2) is 36.5 Å². The molecule has 2 heterocycles. The largest absolute Gasteiger partial charge is 0.480 e. The third kappa shape index (κ3) is 2.34. The normalized spacial score (nSPS) is 22.5. The third-order valence-corrected chi connectivity index (χ3v) is 3.36. The second-order valence-corrected chi connectivity index (χ2v) is 4.64. The Morgan fingerprint density at radius 1 is 1.37 bits per heavy atom. The molecule has 0 aliphatic carbocycles. The van der Waals surface area contributed by atoms with Crippen LogP contribution >= 0.6 is 0 Å². The Bertz CT molecular complexity index is 581. The van der Waals surface area contributed by atoms with Gasteiger partial charge in [0.2, 0.25) is 0 Å². The van der Waals surface area contributed by atoms with Gasteiger partial charge in [-0.15, -0.1) is 5.10 Å². The predicted octanol–water partition coefficient (Wildman–Crippen LogP) is 0.933. The van der Waals surface area contributed by atoms with E-state index in [1.807, 2.05) is 36.5 Å². The minimum Gasteiger partial charge on any atom is -0.480 e. The number of carbonyl (C=O) groups is 1. The summed E-state index contributed by atoms with van der Waals surface area (Å²) in [6, 6.07) is 9.35. The highest BCUT2D eigenvalue weighted by atomic mass is 16.4. The van der Waals surface area contributed by atoms with Crippen LogP contribution in [0.2, 0.25) is 0 Å². The van der Waals surface area contributed by atoms with Gasteiger partial charge in [0.05, 0.1) is 12.2 Å². The smallest absolute Gasteiger partial charge is 0.320 e. The van der Waals surface area contributed by atoms with Crippen molar-refractivity contribution in [1.29, 1.82) is 0 Å².